The zero-order chi connectivity index (χ0) is 26.1. The molecule has 2 atom stereocenters. The van der Waals surface area contributed by atoms with Gasteiger partial charge in [-0.15, -0.1) is 0 Å². The van der Waals surface area contributed by atoms with Crippen LogP contribution < -0.4 is 9.47 Å². The molecule has 40 heavy (non-hydrogen) atoms. The highest BCUT2D eigenvalue weighted by Crippen LogP contribution is 2.67. The van der Waals surface area contributed by atoms with E-state index in [9.17, 15) is 0 Å². The summed E-state index contributed by atoms with van der Waals surface area (Å²) in [7, 11) is 0. The second-order valence-corrected chi connectivity index (χ2v) is 15.9. The van der Waals surface area contributed by atoms with E-state index in [1.54, 1.807) is 11.1 Å². The molecule has 0 aromatic heterocycles. The van der Waals surface area contributed by atoms with Gasteiger partial charge in [-0.05, 0) is 147 Å². The lowest BCUT2D eigenvalue weighted by Crippen LogP contribution is -2.52. The first kappa shape index (κ1) is 23.7. The Morgan fingerprint density at radius 1 is 0.625 bits per heavy atom. The van der Waals surface area contributed by atoms with E-state index in [1.807, 2.05) is 0 Å². The maximum atomic E-state index is 6.71. The van der Waals surface area contributed by atoms with E-state index in [4.69, 9.17) is 18.9 Å². The van der Waals surface area contributed by atoms with Crippen LogP contribution in [0.1, 0.15) is 88.2 Å². The molecule has 0 N–H and O–H groups in total. The van der Waals surface area contributed by atoms with Crippen molar-refractivity contribution in [3.63, 3.8) is 0 Å². The van der Waals surface area contributed by atoms with Crippen molar-refractivity contribution in [2.45, 2.75) is 100 Å². The first-order valence-corrected chi connectivity index (χ1v) is 16.7. The van der Waals surface area contributed by atoms with Gasteiger partial charge in [-0.3, -0.25) is 0 Å². The summed E-state index contributed by atoms with van der Waals surface area (Å²) in [6, 6.07) is 9.37. The minimum Gasteiger partial charge on any atom is -0.490 e. The molecule has 0 radical (unpaired) electrons. The fourth-order valence-electron chi connectivity index (χ4n) is 12.2. The maximum absolute atomic E-state index is 6.71. The van der Waals surface area contributed by atoms with Crippen LogP contribution >= 0.6 is 0 Å². The zero-order valence-electron chi connectivity index (χ0n) is 23.9. The smallest absolute Gasteiger partial charge is 0.127 e. The van der Waals surface area contributed by atoms with Crippen molar-refractivity contribution in [2.24, 2.45) is 35.5 Å². The summed E-state index contributed by atoms with van der Waals surface area (Å²) in [5.41, 5.74) is 4.05. The van der Waals surface area contributed by atoms with Gasteiger partial charge < -0.3 is 18.9 Å². The molecule has 10 aliphatic rings. The number of epoxide rings is 2. The van der Waals surface area contributed by atoms with Crippen LogP contribution in [0.15, 0.2) is 24.3 Å². The van der Waals surface area contributed by atoms with Crippen LogP contribution in [0.2, 0.25) is 0 Å². The maximum Gasteiger partial charge on any atom is 0.127 e. The Kier molecular flexibility index (Phi) is 4.99. The van der Waals surface area contributed by atoms with Crippen molar-refractivity contribution >= 4 is 10.8 Å². The van der Waals surface area contributed by atoms with E-state index in [1.165, 1.54) is 87.8 Å². The van der Waals surface area contributed by atoms with Crippen molar-refractivity contribution in [2.75, 3.05) is 26.4 Å². The highest BCUT2D eigenvalue weighted by Gasteiger charge is 2.57. The summed E-state index contributed by atoms with van der Waals surface area (Å²) >= 11 is 0. The quantitative estimate of drug-likeness (QED) is 0.329. The number of rotatable bonds is 8. The lowest BCUT2D eigenvalue weighted by atomic mass is 9.44. The molecule has 2 saturated heterocycles. The Morgan fingerprint density at radius 3 is 1.60 bits per heavy atom. The van der Waals surface area contributed by atoms with Crippen LogP contribution in [-0.2, 0) is 20.3 Å². The summed E-state index contributed by atoms with van der Waals surface area (Å²) in [6.07, 6.45) is 17.8. The van der Waals surface area contributed by atoms with Gasteiger partial charge in [0.2, 0.25) is 0 Å². The van der Waals surface area contributed by atoms with Gasteiger partial charge in [-0.1, -0.05) is 12.1 Å². The van der Waals surface area contributed by atoms with Gasteiger partial charge >= 0.3 is 0 Å². The van der Waals surface area contributed by atoms with E-state index in [2.05, 4.69) is 24.3 Å². The second kappa shape index (κ2) is 8.40. The number of benzene rings is 2. The molecule has 8 saturated carbocycles. The minimum absolute atomic E-state index is 0.257. The van der Waals surface area contributed by atoms with Crippen LogP contribution in [0.5, 0.6) is 11.5 Å². The SMILES string of the molecule is c1cc(OCC2CO2)c2c(C34CC5CC(CC(C5)C3)C4)c(C34CC5CC(CC(C5)C3)C4)cc(OCC3CO3)c2c1. The predicted octanol–water partition coefficient (Wildman–Crippen LogP) is 7.33. The Bertz CT molecular complexity index is 1270. The van der Waals surface area contributed by atoms with Gasteiger partial charge in [-0.2, -0.15) is 0 Å². The first-order chi connectivity index (χ1) is 19.6. The standard InChI is InChI=1S/C36H44O4/c1-2-29-32(40-20-28-18-38-28)10-30(35-11-21-4-22(12-35)6-23(5-21)13-35)34(33(29)31(3-1)39-19-27-17-37-27)36-14-24-7-25(15-36)9-26(8-24)16-36/h1-3,10,21-28H,4-9,11-20H2. The number of fused-ring (bicyclic) bond motifs is 1. The molecule has 12 rings (SSSR count). The van der Waals surface area contributed by atoms with E-state index >= 15 is 0 Å². The molecule has 8 aliphatic carbocycles. The molecular weight excluding hydrogens is 496 g/mol. The molecular formula is C36H44O4. The van der Waals surface area contributed by atoms with Crippen molar-refractivity contribution in [1.29, 1.82) is 0 Å². The minimum atomic E-state index is 0.257. The lowest BCUT2D eigenvalue weighted by molar-refractivity contribution is -0.0170. The van der Waals surface area contributed by atoms with Crippen molar-refractivity contribution in [3.8, 4) is 11.5 Å². The van der Waals surface area contributed by atoms with Crippen molar-refractivity contribution in [1.82, 2.24) is 0 Å². The topological polar surface area (TPSA) is 43.5 Å². The second-order valence-electron chi connectivity index (χ2n) is 15.9. The molecule has 2 heterocycles. The molecule has 10 fully saturated rings. The predicted molar refractivity (Wildman–Crippen MR) is 154 cm³/mol. The highest BCUT2D eigenvalue weighted by atomic mass is 16.6. The van der Waals surface area contributed by atoms with Gasteiger partial charge in [0.25, 0.3) is 0 Å². The molecule has 2 aromatic rings. The average Bonchev–Trinajstić information content (AvgIpc) is 3.84. The molecule has 8 bridgehead atoms. The lowest BCUT2D eigenvalue weighted by Gasteiger charge is -2.61. The molecule has 4 heteroatoms. The summed E-state index contributed by atoms with van der Waals surface area (Å²) < 4.78 is 24.6. The van der Waals surface area contributed by atoms with Crippen LogP contribution in [0.25, 0.3) is 10.8 Å². The van der Waals surface area contributed by atoms with Crippen molar-refractivity contribution in [3.05, 3.63) is 35.4 Å². The Balaban J connectivity index is 1.22. The van der Waals surface area contributed by atoms with Gasteiger partial charge in [0.1, 0.15) is 36.9 Å². The number of hydrogen-bond donors (Lipinski definition) is 0. The molecule has 2 unspecified atom stereocenters. The molecule has 4 nitrogen and oxygen atoms in total. The van der Waals surface area contributed by atoms with Crippen LogP contribution in [0.3, 0.4) is 0 Å². The largest absolute Gasteiger partial charge is 0.490 e. The van der Waals surface area contributed by atoms with Gasteiger partial charge in [-0.25, -0.2) is 0 Å². The third-order valence-electron chi connectivity index (χ3n) is 12.9. The summed E-state index contributed by atoms with van der Waals surface area (Å²) in [4.78, 5) is 0. The van der Waals surface area contributed by atoms with Crippen LogP contribution in [-0.4, -0.2) is 38.6 Å². The summed E-state index contributed by atoms with van der Waals surface area (Å²) in [5, 5.41) is 2.68. The normalized spacial score (nSPS) is 45.3. The zero-order valence-corrected chi connectivity index (χ0v) is 23.9. The Morgan fingerprint density at radius 2 is 1.10 bits per heavy atom. The Labute approximate surface area is 238 Å². The summed E-state index contributed by atoms with van der Waals surface area (Å²) in [5.74, 6) is 7.69. The molecule has 0 amide bonds. The fourth-order valence-corrected chi connectivity index (χ4v) is 12.2. The third-order valence-corrected chi connectivity index (χ3v) is 12.9. The van der Waals surface area contributed by atoms with Crippen LogP contribution in [0.4, 0.5) is 0 Å². The highest BCUT2D eigenvalue weighted by molar-refractivity contribution is 5.98. The first-order valence-electron chi connectivity index (χ1n) is 16.7. The van der Waals surface area contributed by atoms with E-state index < -0.39 is 0 Å². The molecule has 212 valence electrons. The monoisotopic (exact) mass is 540 g/mol. The van der Waals surface area contributed by atoms with Gasteiger partial charge in [0.05, 0.1) is 13.2 Å². The van der Waals surface area contributed by atoms with E-state index in [-0.39, 0.29) is 12.2 Å². The van der Waals surface area contributed by atoms with Crippen molar-refractivity contribution < 1.29 is 18.9 Å². The van der Waals surface area contributed by atoms with Crippen LogP contribution in [0, 0.1) is 35.5 Å². The fraction of sp³-hybridized carbons (Fsp3) is 0.722. The summed E-state index contributed by atoms with van der Waals surface area (Å²) in [6.45, 7) is 2.99. The van der Waals surface area contributed by atoms with E-state index in [0.29, 0.717) is 24.0 Å². The molecule has 2 aromatic carbocycles. The molecule has 2 aliphatic heterocycles. The molecule has 0 spiro atoms. The number of hydrogen-bond acceptors (Lipinski definition) is 4. The van der Waals surface area contributed by atoms with E-state index in [0.717, 1.165) is 60.2 Å². The average molecular weight is 541 g/mol. The third kappa shape index (κ3) is 3.70. The Hall–Kier alpha value is -1.78. The van der Waals surface area contributed by atoms with Gasteiger partial charge in [0, 0.05) is 10.8 Å². The number of ether oxygens (including phenoxy) is 4. The van der Waals surface area contributed by atoms with Gasteiger partial charge in [0.15, 0.2) is 0 Å².